The lowest BCUT2D eigenvalue weighted by Crippen LogP contribution is -2.22. The largest absolute Gasteiger partial charge is 0.306 e. The number of rotatable bonds is 5. The molecule has 0 aliphatic heterocycles. The van der Waals surface area contributed by atoms with Gasteiger partial charge < -0.3 is 5.32 Å². The van der Waals surface area contributed by atoms with E-state index in [1.165, 1.54) is 16.0 Å². The van der Waals surface area contributed by atoms with Crippen molar-refractivity contribution in [3.8, 4) is 0 Å². The molecule has 0 aliphatic carbocycles. The molecule has 0 spiro atoms. The van der Waals surface area contributed by atoms with Crippen LogP contribution in [0.2, 0.25) is 0 Å². The molecule has 1 unspecified atom stereocenters. The van der Waals surface area contributed by atoms with E-state index in [0.29, 0.717) is 0 Å². The smallest absolute Gasteiger partial charge is 0.0843 e. The molecule has 20 heavy (non-hydrogen) atoms. The van der Waals surface area contributed by atoms with Crippen molar-refractivity contribution in [2.75, 3.05) is 6.54 Å². The third-order valence-corrected chi connectivity index (χ3v) is 7.25. The van der Waals surface area contributed by atoms with Crippen LogP contribution in [0.15, 0.2) is 37.0 Å². The lowest BCUT2D eigenvalue weighted by atomic mass is 10.0. The van der Waals surface area contributed by atoms with Crippen molar-refractivity contribution in [3.63, 3.8) is 0 Å². The topological polar surface area (TPSA) is 12.0 Å². The Labute approximate surface area is 149 Å². The summed E-state index contributed by atoms with van der Waals surface area (Å²) >= 11 is 12.6. The molecule has 2 aromatic rings. The summed E-state index contributed by atoms with van der Waals surface area (Å²) in [6.07, 6.45) is 1.12. The zero-order valence-corrected chi connectivity index (χ0v) is 16.9. The quantitative estimate of drug-likeness (QED) is 0.518. The number of aryl methyl sites for hydroxylation is 1. The highest BCUT2D eigenvalue weighted by Crippen LogP contribution is 2.38. The Hall–Kier alpha value is 0.320. The summed E-state index contributed by atoms with van der Waals surface area (Å²) in [5.74, 6) is 0. The summed E-state index contributed by atoms with van der Waals surface area (Å²) in [7, 11) is 0. The second-order valence-corrected chi connectivity index (χ2v) is 8.78. The van der Waals surface area contributed by atoms with Crippen LogP contribution in [0.3, 0.4) is 0 Å². The van der Waals surface area contributed by atoms with Crippen molar-refractivity contribution < 1.29 is 0 Å². The molecule has 0 saturated heterocycles. The number of halogens is 3. The molecule has 1 nitrogen and oxygen atoms in total. The summed E-state index contributed by atoms with van der Waals surface area (Å²) in [4.78, 5) is 1.31. The monoisotopic (exact) mass is 479 g/mol. The lowest BCUT2D eigenvalue weighted by Gasteiger charge is -2.18. The van der Waals surface area contributed by atoms with Gasteiger partial charge in [0.1, 0.15) is 0 Å². The van der Waals surface area contributed by atoms with Crippen molar-refractivity contribution in [1.82, 2.24) is 5.32 Å². The summed E-state index contributed by atoms with van der Waals surface area (Å²) in [6, 6.07) is 9.01. The van der Waals surface area contributed by atoms with Gasteiger partial charge in [0.15, 0.2) is 0 Å². The van der Waals surface area contributed by atoms with Gasteiger partial charge in [0.25, 0.3) is 0 Å². The second kappa shape index (κ2) is 7.54. The van der Waals surface area contributed by atoms with E-state index < -0.39 is 0 Å². The van der Waals surface area contributed by atoms with Crippen LogP contribution in [0.5, 0.6) is 0 Å². The number of benzene rings is 1. The first-order valence-corrected chi connectivity index (χ1v) is 9.66. The third-order valence-electron chi connectivity index (χ3n) is 3.08. The molecule has 1 heterocycles. The molecule has 1 N–H and O–H groups in total. The van der Waals surface area contributed by atoms with Gasteiger partial charge in [0.2, 0.25) is 0 Å². The molecule has 1 aromatic heterocycles. The van der Waals surface area contributed by atoms with Crippen molar-refractivity contribution >= 4 is 59.1 Å². The maximum atomic E-state index is 3.64. The molecule has 0 radical (unpaired) electrons. The molecule has 0 amide bonds. The Bertz CT molecular complexity index is 575. The van der Waals surface area contributed by atoms with Crippen molar-refractivity contribution in [2.45, 2.75) is 26.3 Å². The van der Waals surface area contributed by atoms with Gasteiger partial charge in [-0.1, -0.05) is 35.0 Å². The molecule has 2 rings (SSSR count). The molecule has 1 atom stereocenters. The molecular formula is C15H16Br3NS. The molecule has 1 aromatic carbocycles. The zero-order chi connectivity index (χ0) is 14.7. The minimum atomic E-state index is 0.236. The van der Waals surface area contributed by atoms with Gasteiger partial charge in [-0.2, -0.15) is 0 Å². The van der Waals surface area contributed by atoms with Gasteiger partial charge in [-0.05, 0) is 75.0 Å². The minimum absolute atomic E-state index is 0.236. The number of thiophene rings is 1. The highest BCUT2D eigenvalue weighted by molar-refractivity contribution is 9.13. The number of hydrogen-bond donors (Lipinski definition) is 1. The molecule has 0 fully saturated rings. The Balaban J connectivity index is 2.38. The second-order valence-electron chi connectivity index (χ2n) is 4.67. The van der Waals surface area contributed by atoms with E-state index in [9.17, 15) is 0 Å². The van der Waals surface area contributed by atoms with Crippen LogP contribution >= 0.6 is 59.1 Å². The van der Waals surface area contributed by atoms with Gasteiger partial charge in [-0.3, -0.25) is 0 Å². The van der Waals surface area contributed by atoms with Gasteiger partial charge in [-0.25, -0.2) is 0 Å². The Morgan fingerprint density at radius 1 is 1.15 bits per heavy atom. The fraction of sp³-hybridized carbons (Fsp3) is 0.333. The Kier molecular flexibility index (Phi) is 6.29. The van der Waals surface area contributed by atoms with E-state index in [2.05, 4.69) is 91.2 Å². The predicted molar refractivity (Wildman–Crippen MR) is 98.7 cm³/mol. The van der Waals surface area contributed by atoms with Crippen molar-refractivity contribution in [3.05, 3.63) is 53.0 Å². The van der Waals surface area contributed by atoms with Crippen LogP contribution in [-0.4, -0.2) is 6.54 Å². The maximum Gasteiger partial charge on any atom is 0.0843 e. The van der Waals surface area contributed by atoms with E-state index in [1.807, 2.05) is 0 Å². The summed E-state index contributed by atoms with van der Waals surface area (Å²) in [5, 5.41) is 3.64. The Morgan fingerprint density at radius 2 is 1.90 bits per heavy atom. The first kappa shape index (κ1) is 16.7. The van der Waals surface area contributed by atoms with Gasteiger partial charge in [-0.15, -0.1) is 11.3 Å². The van der Waals surface area contributed by atoms with Crippen LogP contribution in [0.4, 0.5) is 0 Å². The Morgan fingerprint density at radius 3 is 2.45 bits per heavy atom. The SMILES string of the molecule is CCCNC(c1ccc(C)c(Br)c1)c1cc(Br)c(Br)s1. The highest BCUT2D eigenvalue weighted by atomic mass is 79.9. The van der Waals surface area contributed by atoms with Crippen LogP contribution in [0, 0.1) is 6.92 Å². The van der Waals surface area contributed by atoms with E-state index in [-0.39, 0.29) is 6.04 Å². The van der Waals surface area contributed by atoms with E-state index in [4.69, 9.17) is 0 Å². The number of nitrogens with one attached hydrogen (secondary N) is 1. The molecule has 0 saturated carbocycles. The maximum absolute atomic E-state index is 3.64. The normalized spacial score (nSPS) is 12.7. The van der Waals surface area contributed by atoms with E-state index >= 15 is 0 Å². The average molecular weight is 482 g/mol. The van der Waals surface area contributed by atoms with Crippen LogP contribution in [0.1, 0.15) is 35.4 Å². The van der Waals surface area contributed by atoms with Gasteiger partial charge in [0, 0.05) is 13.8 Å². The van der Waals surface area contributed by atoms with Gasteiger partial charge in [0.05, 0.1) is 9.83 Å². The molecule has 5 heteroatoms. The third kappa shape index (κ3) is 3.95. The summed E-state index contributed by atoms with van der Waals surface area (Å²) in [6.45, 7) is 5.30. The first-order valence-electron chi connectivity index (χ1n) is 6.47. The lowest BCUT2D eigenvalue weighted by molar-refractivity contribution is 0.605. The predicted octanol–water partition coefficient (Wildman–Crippen LogP) is 6.43. The standard InChI is InChI=1S/C15H16Br3NS/c1-3-6-19-14(13-8-12(17)15(18)20-13)10-5-4-9(2)11(16)7-10/h4-5,7-8,14,19H,3,6H2,1-2H3. The summed E-state index contributed by atoms with van der Waals surface area (Å²) < 4.78 is 3.42. The van der Waals surface area contributed by atoms with Gasteiger partial charge >= 0.3 is 0 Å². The van der Waals surface area contributed by atoms with E-state index in [0.717, 1.165) is 25.7 Å². The highest BCUT2D eigenvalue weighted by Gasteiger charge is 2.18. The van der Waals surface area contributed by atoms with Crippen molar-refractivity contribution in [2.24, 2.45) is 0 Å². The van der Waals surface area contributed by atoms with Crippen molar-refractivity contribution in [1.29, 1.82) is 0 Å². The number of hydrogen-bond acceptors (Lipinski definition) is 2. The molecule has 0 aliphatic rings. The fourth-order valence-electron chi connectivity index (χ4n) is 1.97. The summed E-state index contributed by atoms with van der Waals surface area (Å²) in [5.41, 5.74) is 2.55. The van der Waals surface area contributed by atoms with Crippen LogP contribution in [-0.2, 0) is 0 Å². The van der Waals surface area contributed by atoms with E-state index in [1.54, 1.807) is 11.3 Å². The molecule has 0 bridgehead atoms. The average Bonchev–Trinajstić information content (AvgIpc) is 2.74. The fourth-order valence-corrected chi connectivity index (χ4v) is 4.56. The zero-order valence-electron chi connectivity index (χ0n) is 11.3. The van der Waals surface area contributed by atoms with Crippen LogP contribution < -0.4 is 5.32 Å². The first-order chi connectivity index (χ1) is 9.52. The molecule has 108 valence electrons. The minimum Gasteiger partial charge on any atom is -0.306 e. The molecular weight excluding hydrogens is 466 g/mol. The van der Waals surface area contributed by atoms with Crippen LogP contribution in [0.25, 0.3) is 0 Å².